The molecule has 0 spiro atoms. The molecule has 0 saturated carbocycles. The molecule has 1 aliphatic rings. The highest BCUT2D eigenvalue weighted by Crippen LogP contribution is 2.15. The Hall–Kier alpha value is -3.72. The minimum Gasteiger partial charge on any atom is -0.467 e. The van der Waals surface area contributed by atoms with Crippen LogP contribution in [-0.4, -0.2) is 54.5 Å². The number of aromatic nitrogens is 2. The van der Waals surface area contributed by atoms with Gasteiger partial charge in [0.05, 0.1) is 50.2 Å². The van der Waals surface area contributed by atoms with Crippen LogP contribution in [0.5, 0.6) is 0 Å². The van der Waals surface area contributed by atoms with Crippen molar-refractivity contribution in [1.29, 1.82) is 0 Å². The number of carbonyl (C=O) groups excluding carboxylic acids is 2. The number of benzene rings is 1. The minimum atomic E-state index is -0.267. The molecule has 0 atom stereocenters. The second-order valence-corrected chi connectivity index (χ2v) is 7.32. The second kappa shape index (κ2) is 9.86. The Bertz CT molecular complexity index is 1000. The SMILES string of the molecule is O=C(C[NH+]1CCN(c2ncccn2)CC1)Nc1ccccc1C(=O)NCc1ccco1. The summed E-state index contributed by atoms with van der Waals surface area (Å²) >= 11 is 0. The van der Waals surface area contributed by atoms with E-state index in [1.165, 1.54) is 4.90 Å². The minimum absolute atomic E-state index is 0.120. The monoisotopic (exact) mass is 421 g/mol. The highest BCUT2D eigenvalue weighted by molar-refractivity contribution is 6.03. The lowest BCUT2D eigenvalue weighted by atomic mass is 10.1. The Morgan fingerprint density at radius 2 is 1.81 bits per heavy atom. The number of nitrogens with one attached hydrogen (secondary N) is 3. The summed E-state index contributed by atoms with van der Waals surface area (Å²) in [6.45, 7) is 3.84. The molecule has 1 fully saturated rings. The summed E-state index contributed by atoms with van der Waals surface area (Å²) in [5, 5.41) is 5.70. The third kappa shape index (κ3) is 5.46. The molecule has 0 unspecified atom stereocenters. The number of hydrogen-bond acceptors (Lipinski definition) is 6. The van der Waals surface area contributed by atoms with Crippen LogP contribution in [-0.2, 0) is 11.3 Å². The Labute approximate surface area is 180 Å². The van der Waals surface area contributed by atoms with Gasteiger partial charge < -0.3 is 24.9 Å². The molecular weight excluding hydrogens is 396 g/mol. The average Bonchev–Trinajstić information content (AvgIpc) is 3.33. The van der Waals surface area contributed by atoms with Crippen LogP contribution in [0.2, 0.25) is 0 Å². The van der Waals surface area contributed by atoms with Crippen molar-refractivity contribution in [3.05, 3.63) is 72.4 Å². The van der Waals surface area contributed by atoms with E-state index in [-0.39, 0.29) is 18.4 Å². The molecule has 31 heavy (non-hydrogen) atoms. The van der Waals surface area contributed by atoms with Crippen molar-refractivity contribution in [2.24, 2.45) is 0 Å². The van der Waals surface area contributed by atoms with Crippen molar-refractivity contribution in [3.63, 3.8) is 0 Å². The molecule has 160 valence electrons. The fourth-order valence-electron chi connectivity index (χ4n) is 3.54. The Morgan fingerprint density at radius 3 is 2.55 bits per heavy atom. The number of furan rings is 1. The zero-order valence-corrected chi connectivity index (χ0v) is 17.1. The molecule has 9 heteroatoms. The molecule has 1 aliphatic heterocycles. The highest BCUT2D eigenvalue weighted by atomic mass is 16.3. The molecule has 0 bridgehead atoms. The molecule has 0 radical (unpaired) electrons. The molecule has 0 aliphatic carbocycles. The Balaban J connectivity index is 1.29. The van der Waals surface area contributed by atoms with Gasteiger partial charge in [-0.1, -0.05) is 12.1 Å². The van der Waals surface area contributed by atoms with Crippen LogP contribution < -0.4 is 20.4 Å². The summed E-state index contributed by atoms with van der Waals surface area (Å²) in [6, 6.07) is 12.4. The summed E-state index contributed by atoms with van der Waals surface area (Å²) < 4.78 is 5.24. The number of amides is 2. The first kappa shape index (κ1) is 20.5. The van der Waals surface area contributed by atoms with Crippen LogP contribution in [0, 0.1) is 0 Å². The van der Waals surface area contributed by atoms with E-state index in [4.69, 9.17) is 4.42 Å². The van der Waals surface area contributed by atoms with Gasteiger partial charge in [-0.3, -0.25) is 9.59 Å². The fourth-order valence-corrected chi connectivity index (χ4v) is 3.54. The van der Waals surface area contributed by atoms with Crippen molar-refractivity contribution in [2.75, 3.05) is 42.9 Å². The number of nitrogens with zero attached hydrogens (tertiary/aromatic N) is 3. The van der Waals surface area contributed by atoms with Crippen molar-refractivity contribution in [3.8, 4) is 0 Å². The predicted octanol–water partition coefficient (Wildman–Crippen LogP) is 0.343. The third-order valence-corrected chi connectivity index (χ3v) is 5.17. The van der Waals surface area contributed by atoms with E-state index in [9.17, 15) is 9.59 Å². The summed E-state index contributed by atoms with van der Waals surface area (Å²) in [7, 11) is 0. The van der Waals surface area contributed by atoms with Gasteiger partial charge in [-0.05, 0) is 30.3 Å². The molecule has 3 N–H and O–H groups in total. The molecular formula is C22H25N6O3+. The Morgan fingerprint density at radius 1 is 1.03 bits per heavy atom. The van der Waals surface area contributed by atoms with Crippen LogP contribution in [0.15, 0.2) is 65.5 Å². The van der Waals surface area contributed by atoms with E-state index in [2.05, 4.69) is 25.5 Å². The lowest BCUT2D eigenvalue weighted by Gasteiger charge is -2.31. The smallest absolute Gasteiger partial charge is 0.279 e. The maximum atomic E-state index is 12.6. The van der Waals surface area contributed by atoms with Gasteiger partial charge in [0.2, 0.25) is 5.95 Å². The molecule has 3 aromatic rings. The maximum absolute atomic E-state index is 12.6. The van der Waals surface area contributed by atoms with Crippen molar-refractivity contribution in [1.82, 2.24) is 15.3 Å². The zero-order chi connectivity index (χ0) is 21.5. The normalized spacial score (nSPS) is 14.3. The van der Waals surface area contributed by atoms with Crippen LogP contribution in [0.1, 0.15) is 16.1 Å². The van der Waals surface area contributed by atoms with Crippen LogP contribution in [0.25, 0.3) is 0 Å². The number of quaternary nitrogens is 1. The summed E-state index contributed by atoms with van der Waals surface area (Å²) in [5.41, 5.74) is 0.920. The van der Waals surface area contributed by atoms with Gasteiger partial charge in [0, 0.05) is 12.4 Å². The first-order chi connectivity index (χ1) is 15.2. The summed E-state index contributed by atoms with van der Waals surface area (Å²) in [4.78, 5) is 37.1. The molecule has 9 nitrogen and oxygen atoms in total. The van der Waals surface area contributed by atoms with Gasteiger partial charge in [-0.2, -0.15) is 0 Å². The van der Waals surface area contributed by atoms with Gasteiger partial charge in [-0.15, -0.1) is 0 Å². The number of anilines is 2. The molecule has 3 heterocycles. The molecule has 2 amide bonds. The largest absolute Gasteiger partial charge is 0.467 e. The van der Waals surface area contributed by atoms with Gasteiger partial charge in [0.25, 0.3) is 11.8 Å². The molecule has 1 saturated heterocycles. The van der Waals surface area contributed by atoms with Gasteiger partial charge >= 0.3 is 0 Å². The lowest BCUT2D eigenvalue weighted by molar-refractivity contribution is -0.892. The molecule has 1 aromatic carbocycles. The second-order valence-electron chi connectivity index (χ2n) is 7.32. The quantitative estimate of drug-likeness (QED) is 0.508. The van der Waals surface area contributed by atoms with Crippen LogP contribution in [0.4, 0.5) is 11.6 Å². The van der Waals surface area contributed by atoms with Crippen molar-refractivity contribution >= 4 is 23.5 Å². The summed E-state index contributed by atoms with van der Waals surface area (Å²) in [6.07, 6.45) is 5.03. The maximum Gasteiger partial charge on any atom is 0.279 e. The predicted molar refractivity (Wildman–Crippen MR) is 115 cm³/mol. The van der Waals surface area contributed by atoms with E-state index < -0.39 is 0 Å². The van der Waals surface area contributed by atoms with E-state index >= 15 is 0 Å². The van der Waals surface area contributed by atoms with Gasteiger partial charge in [0.1, 0.15) is 5.76 Å². The highest BCUT2D eigenvalue weighted by Gasteiger charge is 2.24. The van der Waals surface area contributed by atoms with Gasteiger partial charge in [-0.25, -0.2) is 9.97 Å². The lowest BCUT2D eigenvalue weighted by Crippen LogP contribution is -3.15. The third-order valence-electron chi connectivity index (χ3n) is 5.17. The number of para-hydroxylation sites is 1. The Kier molecular flexibility index (Phi) is 6.53. The number of rotatable bonds is 7. The summed E-state index contributed by atoms with van der Waals surface area (Å²) in [5.74, 6) is 1.00. The van der Waals surface area contributed by atoms with Crippen LogP contribution in [0.3, 0.4) is 0 Å². The van der Waals surface area contributed by atoms with E-state index in [0.717, 1.165) is 32.1 Å². The first-order valence-electron chi connectivity index (χ1n) is 10.2. The molecule has 4 rings (SSSR count). The molecule has 2 aromatic heterocycles. The van der Waals surface area contributed by atoms with E-state index in [1.807, 2.05) is 0 Å². The standard InChI is InChI=1S/C22H24N6O3/c29-20(16-27-10-12-28(13-11-27)22-23-8-4-9-24-22)26-19-7-2-1-6-18(19)21(30)25-15-17-5-3-14-31-17/h1-9,14H,10-13,15-16H2,(H,25,30)(H,26,29)/p+1. The van der Waals surface area contributed by atoms with Gasteiger partial charge in [0.15, 0.2) is 6.54 Å². The van der Waals surface area contributed by atoms with Crippen LogP contribution >= 0.6 is 0 Å². The number of hydrogen-bond donors (Lipinski definition) is 3. The first-order valence-corrected chi connectivity index (χ1v) is 10.2. The van der Waals surface area contributed by atoms with Crippen molar-refractivity contribution in [2.45, 2.75) is 6.54 Å². The van der Waals surface area contributed by atoms with Crippen molar-refractivity contribution < 1.29 is 18.9 Å². The topological polar surface area (TPSA) is 105 Å². The zero-order valence-electron chi connectivity index (χ0n) is 17.1. The fraction of sp³-hybridized carbons (Fsp3) is 0.273. The van der Waals surface area contributed by atoms with E-state index in [0.29, 0.717) is 23.6 Å². The average molecular weight is 421 g/mol. The van der Waals surface area contributed by atoms with E-state index in [1.54, 1.807) is 61.1 Å². The number of piperazine rings is 1. The number of carbonyl (C=O) groups is 2.